The van der Waals surface area contributed by atoms with Crippen molar-refractivity contribution in [3.8, 4) is 0 Å². The van der Waals surface area contributed by atoms with Crippen LogP contribution in [-0.2, 0) is 39.4 Å². The summed E-state index contributed by atoms with van der Waals surface area (Å²) in [6.45, 7) is 0. The Bertz CT molecular complexity index is 13.5. The molecule has 0 bridgehead atoms. The Morgan fingerprint density at radius 1 is 1.00 bits per heavy atom. The summed E-state index contributed by atoms with van der Waals surface area (Å²) in [5, 5.41) is 0. The summed E-state index contributed by atoms with van der Waals surface area (Å²) in [6, 6.07) is 0. The molecule has 0 aliphatic heterocycles. The van der Waals surface area contributed by atoms with Gasteiger partial charge < -0.3 is 0 Å². The third-order valence-electron chi connectivity index (χ3n) is 0. The summed E-state index contributed by atoms with van der Waals surface area (Å²) in [4.78, 5) is 0. The maximum absolute atomic E-state index is 2.25. The molecule has 0 saturated heterocycles. The summed E-state index contributed by atoms with van der Waals surface area (Å²) < 4.78 is 0. The molecule has 0 aromatic rings. The molecule has 0 unspecified atom stereocenters. The molecule has 0 saturated carbocycles. The van der Waals surface area contributed by atoms with E-state index < -0.39 is 0 Å². The molecule has 0 aliphatic carbocycles. The van der Waals surface area contributed by atoms with Crippen LogP contribution in [-0.4, -0.2) is 74.0 Å². The third-order valence-corrected chi connectivity index (χ3v) is 0. The van der Waals surface area contributed by atoms with E-state index in [4.69, 9.17) is 0 Å². The summed E-state index contributed by atoms with van der Waals surface area (Å²) in [5.74, 6) is 0. The first kappa shape index (κ1) is 32.9. The Kier molecular flexibility index (Phi) is 203. The van der Waals surface area contributed by atoms with E-state index in [9.17, 15) is 0 Å². The summed E-state index contributed by atoms with van der Waals surface area (Å²) in [7, 11) is 0. The predicted octanol–water partition coefficient (Wildman–Crippen LogP) is -3.67. The van der Waals surface area contributed by atoms with Crippen molar-refractivity contribution in [3.63, 3.8) is 0 Å². The van der Waals surface area contributed by atoms with Crippen molar-refractivity contribution >= 4 is 74.0 Å². The summed E-state index contributed by atoms with van der Waals surface area (Å²) in [6.07, 6.45) is 0. The molecule has 0 aromatic carbocycles. The molecule has 0 amide bonds. The second kappa shape index (κ2) is 37.0. The van der Waals surface area contributed by atoms with E-state index >= 15 is 0 Å². The van der Waals surface area contributed by atoms with Crippen molar-refractivity contribution in [2.24, 2.45) is 0 Å². The van der Waals surface area contributed by atoms with Crippen LogP contribution in [0.2, 0.25) is 0 Å². The SMILES string of the molecule is [Ag].[Cu].[GaH3].[InH3].[SeH][SeH]. The van der Waals surface area contributed by atoms with Crippen LogP contribution in [0.15, 0.2) is 0 Å². The minimum atomic E-state index is 0. The van der Waals surface area contributed by atoms with Gasteiger partial charge in [-0.25, -0.2) is 0 Å². The normalized spacial score (nSPS) is 1.00. The zero-order valence-corrected chi connectivity index (χ0v) is 7.67. The average Bonchev–Trinajstić information content (AvgIpc) is 1.00. The quantitative estimate of drug-likeness (QED) is 0.288. The van der Waals surface area contributed by atoms with Gasteiger partial charge >= 0.3 is 74.0 Å². The molecule has 0 aromatic heterocycles. The van der Waals surface area contributed by atoms with E-state index in [1.807, 2.05) is 0 Å². The molecule has 0 rings (SSSR count). The van der Waals surface area contributed by atoms with Crippen molar-refractivity contribution in [3.05, 3.63) is 0 Å². The van der Waals surface area contributed by atoms with Crippen LogP contribution in [0, 0.1) is 0 Å². The van der Waals surface area contributed by atoms with Gasteiger partial charge in [0.05, 0.1) is 0 Å². The maximum atomic E-state index is 2.25. The van der Waals surface area contributed by atoms with Crippen molar-refractivity contribution in [1.29, 1.82) is 0 Å². The molecule has 48 valence electrons. The molecule has 6 heteroatoms. The first-order valence-electron chi connectivity index (χ1n) is 0.200. The topological polar surface area (TPSA) is 0 Å². The van der Waals surface area contributed by atoms with Gasteiger partial charge in [0.15, 0.2) is 0 Å². The molecular formula is H8AgCuGaInSe2. The summed E-state index contributed by atoms with van der Waals surface area (Å²) in [5.41, 5.74) is 0. The molecule has 0 atom stereocenters. The van der Waals surface area contributed by atoms with Gasteiger partial charge in [0.1, 0.15) is 0 Å². The Hall–Kier alpha value is 3.81. The fourth-order valence-electron chi connectivity index (χ4n) is 0. The Balaban J connectivity index is -0.000000000833. The standard InChI is InChI=1S/Ag.Cu.Ga.In.H2Se2.6H/c;;;;1-2;;;;;;/h;;;;1-2H;;;;;;. The molecule has 0 spiro atoms. The third kappa shape index (κ3) is 25.0. The first-order chi connectivity index (χ1) is 1.00. The molecule has 0 N–H and O–H groups in total. The van der Waals surface area contributed by atoms with E-state index in [-0.39, 0.29) is 85.1 Å². The van der Waals surface area contributed by atoms with Crippen molar-refractivity contribution in [2.45, 2.75) is 0 Å². The minimum absolute atomic E-state index is 0. The Morgan fingerprint density at radius 3 is 1.00 bits per heavy atom. The van der Waals surface area contributed by atoms with Crippen LogP contribution >= 0.6 is 0 Å². The Labute approximate surface area is 111 Å². The van der Waals surface area contributed by atoms with E-state index in [2.05, 4.69) is 28.4 Å². The molecule has 0 fully saturated rings. The monoisotopic (exact) mass is 522 g/mol. The van der Waals surface area contributed by atoms with Crippen molar-refractivity contribution in [1.82, 2.24) is 0 Å². The van der Waals surface area contributed by atoms with Crippen molar-refractivity contribution < 1.29 is 39.4 Å². The van der Waals surface area contributed by atoms with Crippen LogP contribution in [0.3, 0.4) is 0 Å². The van der Waals surface area contributed by atoms with Gasteiger partial charge in [0.25, 0.3) is 0 Å². The second-order valence-corrected chi connectivity index (χ2v) is 0. The van der Waals surface area contributed by atoms with Gasteiger partial charge in [-0.1, -0.05) is 0 Å². The zero-order chi connectivity index (χ0) is 2.00. The number of rotatable bonds is 0. The van der Waals surface area contributed by atoms with Crippen LogP contribution in [0.25, 0.3) is 0 Å². The van der Waals surface area contributed by atoms with E-state index in [1.165, 1.54) is 0 Å². The molecular weight excluding hydrogens is 514 g/mol. The van der Waals surface area contributed by atoms with Gasteiger partial charge in [-0.2, -0.15) is 0 Å². The average molecular weight is 522 g/mol. The van der Waals surface area contributed by atoms with E-state index in [0.717, 1.165) is 0 Å². The van der Waals surface area contributed by atoms with E-state index in [1.54, 1.807) is 0 Å². The number of hydrogen-bond donors (Lipinski definition) is 0. The van der Waals surface area contributed by atoms with Crippen LogP contribution in [0.1, 0.15) is 0 Å². The van der Waals surface area contributed by atoms with Gasteiger partial charge in [-0.3, -0.25) is 0 Å². The molecule has 0 nitrogen and oxygen atoms in total. The number of hydrogen-bond acceptors (Lipinski definition) is 0. The van der Waals surface area contributed by atoms with Gasteiger partial charge in [0, 0.05) is 39.4 Å². The van der Waals surface area contributed by atoms with Crippen molar-refractivity contribution in [2.75, 3.05) is 0 Å². The fraction of sp³-hybridized carbons (Fsp3) is 0. The Morgan fingerprint density at radius 2 is 1.00 bits per heavy atom. The van der Waals surface area contributed by atoms with Gasteiger partial charge in [-0.15, -0.1) is 0 Å². The van der Waals surface area contributed by atoms with Crippen LogP contribution in [0.4, 0.5) is 0 Å². The van der Waals surface area contributed by atoms with Gasteiger partial charge in [0.2, 0.25) is 0 Å². The zero-order valence-electron chi connectivity index (χ0n) is 1.50. The second-order valence-electron chi connectivity index (χ2n) is 0. The van der Waals surface area contributed by atoms with Gasteiger partial charge in [-0.05, 0) is 0 Å². The molecule has 2 radical (unpaired) electrons. The summed E-state index contributed by atoms with van der Waals surface area (Å²) >= 11 is 4.50. The first-order valence-corrected chi connectivity index (χ1v) is 5.40. The molecule has 0 heterocycles. The van der Waals surface area contributed by atoms with Crippen LogP contribution < -0.4 is 0 Å². The predicted molar refractivity (Wildman–Crippen MR) is 34.2 cm³/mol. The molecule has 0 aliphatic rings. The molecule has 6 heavy (non-hydrogen) atoms. The fourth-order valence-corrected chi connectivity index (χ4v) is 0. The van der Waals surface area contributed by atoms with Crippen LogP contribution in [0.5, 0.6) is 0 Å². The van der Waals surface area contributed by atoms with E-state index in [0.29, 0.717) is 0 Å².